The Bertz CT molecular complexity index is 401. The molecule has 0 fully saturated rings. The molecule has 0 bridgehead atoms. The van der Waals surface area contributed by atoms with Crippen molar-refractivity contribution in [3.63, 3.8) is 0 Å². The number of methoxy groups -OCH3 is 1. The van der Waals surface area contributed by atoms with E-state index in [0.29, 0.717) is 12.4 Å². The minimum Gasteiger partial charge on any atom is -0.385 e. The summed E-state index contributed by atoms with van der Waals surface area (Å²) in [6, 6.07) is 2.60. The number of rotatable bonds is 8. The van der Waals surface area contributed by atoms with Crippen molar-refractivity contribution in [2.75, 3.05) is 25.6 Å². The van der Waals surface area contributed by atoms with Crippen molar-refractivity contribution in [2.45, 2.75) is 19.3 Å². The standard InChI is InChI=1S/C11H16ClN3O3/c1-18-6-4-2-3-5-13-11-8-9(15(16)17)7-10(12)14-11/h7-8H,2-6H2,1H3,(H,13,14). The summed E-state index contributed by atoms with van der Waals surface area (Å²) in [6.45, 7) is 1.45. The van der Waals surface area contributed by atoms with Crippen LogP contribution in [0.1, 0.15) is 19.3 Å². The molecule has 0 aliphatic carbocycles. The van der Waals surface area contributed by atoms with Crippen molar-refractivity contribution in [1.29, 1.82) is 0 Å². The lowest BCUT2D eigenvalue weighted by Crippen LogP contribution is -2.04. The number of hydrogen-bond donors (Lipinski definition) is 1. The lowest BCUT2D eigenvalue weighted by atomic mass is 10.2. The quantitative estimate of drug-likeness (QED) is 0.341. The fourth-order valence-electron chi connectivity index (χ4n) is 1.44. The maximum absolute atomic E-state index is 10.6. The highest BCUT2D eigenvalue weighted by Crippen LogP contribution is 2.20. The van der Waals surface area contributed by atoms with E-state index in [2.05, 4.69) is 10.3 Å². The summed E-state index contributed by atoms with van der Waals surface area (Å²) in [6.07, 6.45) is 2.98. The van der Waals surface area contributed by atoms with Crippen LogP contribution in [-0.4, -0.2) is 30.2 Å². The Balaban J connectivity index is 2.40. The highest BCUT2D eigenvalue weighted by molar-refractivity contribution is 6.29. The fourth-order valence-corrected chi connectivity index (χ4v) is 1.65. The average Bonchev–Trinajstić information content (AvgIpc) is 2.33. The number of unbranched alkanes of at least 4 members (excludes halogenated alkanes) is 2. The molecule has 0 amide bonds. The number of nitro groups is 1. The zero-order valence-corrected chi connectivity index (χ0v) is 10.9. The molecular weight excluding hydrogens is 258 g/mol. The van der Waals surface area contributed by atoms with Gasteiger partial charge in [0.25, 0.3) is 5.69 Å². The maximum atomic E-state index is 10.6. The molecule has 1 N–H and O–H groups in total. The third-order valence-electron chi connectivity index (χ3n) is 2.32. The van der Waals surface area contributed by atoms with Gasteiger partial charge in [0.2, 0.25) is 0 Å². The van der Waals surface area contributed by atoms with Crippen LogP contribution in [-0.2, 0) is 4.74 Å². The van der Waals surface area contributed by atoms with E-state index in [9.17, 15) is 10.1 Å². The number of pyridine rings is 1. The Kier molecular flexibility index (Phi) is 6.38. The molecule has 0 spiro atoms. The zero-order valence-electron chi connectivity index (χ0n) is 10.2. The van der Waals surface area contributed by atoms with E-state index in [1.807, 2.05) is 0 Å². The minimum atomic E-state index is -0.489. The first-order valence-corrected chi connectivity index (χ1v) is 6.06. The van der Waals surface area contributed by atoms with Crippen molar-refractivity contribution in [2.24, 2.45) is 0 Å². The molecule has 0 aromatic carbocycles. The molecular formula is C11H16ClN3O3. The predicted molar refractivity (Wildman–Crippen MR) is 70.1 cm³/mol. The van der Waals surface area contributed by atoms with Gasteiger partial charge in [-0.25, -0.2) is 4.98 Å². The van der Waals surface area contributed by atoms with E-state index in [1.54, 1.807) is 7.11 Å². The Morgan fingerprint density at radius 1 is 1.44 bits per heavy atom. The van der Waals surface area contributed by atoms with E-state index in [1.165, 1.54) is 12.1 Å². The molecule has 0 aliphatic rings. The number of anilines is 1. The Morgan fingerprint density at radius 3 is 2.89 bits per heavy atom. The summed E-state index contributed by atoms with van der Waals surface area (Å²) in [7, 11) is 1.67. The van der Waals surface area contributed by atoms with E-state index >= 15 is 0 Å². The van der Waals surface area contributed by atoms with Crippen molar-refractivity contribution in [1.82, 2.24) is 4.98 Å². The predicted octanol–water partition coefficient (Wildman–Crippen LogP) is 2.87. The van der Waals surface area contributed by atoms with E-state index in [4.69, 9.17) is 16.3 Å². The second-order valence-corrected chi connectivity index (χ2v) is 4.16. The lowest BCUT2D eigenvalue weighted by molar-refractivity contribution is -0.384. The van der Waals surface area contributed by atoms with Crippen molar-refractivity contribution in [3.05, 3.63) is 27.4 Å². The number of aromatic nitrogens is 1. The molecule has 18 heavy (non-hydrogen) atoms. The normalized spacial score (nSPS) is 10.3. The van der Waals surface area contributed by atoms with Gasteiger partial charge in [-0.3, -0.25) is 10.1 Å². The number of hydrogen-bond acceptors (Lipinski definition) is 5. The SMILES string of the molecule is COCCCCCNc1cc([N+](=O)[O-])cc(Cl)n1. The first-order valence-electron chi connectivity index (χ1n) is 5.68. The lowest BCUT2D eigenvalue weighted by Gasteiger charge is -2.05. The van der Waals surface area contributed by atoms with Gasteiger partial charge in [-0.15, -0.1) is 0 Å². The molecule has 0 saturated heterocycles. The number of halogens is 1. The van der Waals surface area contributed by atoms with Gasteiger partial charge in [0.05, 0.1) is 17.1 Å². The zero-order chi connectivity index (χ0) is 13.4. The van der Waals surface area contributed by atoms with Crippen molar-refractivity contribution < 1.29 is 9.66 Å². The first-order chi connectivity index (χ1) is 8.63. The van der Waals surface area contributed by atoms with Crippen LogP contribution in [0.25, 0.3) is 0 Å². The molecule has 1 aromatic rings. The third-order valence-corrected chi connectivity index (χ3v) is 2.51. The van der Waals surface area contributed by atoms with Gasteiger partial charge in [-0.05, 0) is 19.3 Å². The summed E-state index contributed by atoms with van der Waals surface area (Å²) >= 11 is 5.70. The van der Waals surface area contributed by atoms with Gasteiger partial charge in [-0.2, -0.15) is 0 Å². The summed E-state index contributed by atoms with van der Waals surface area (Å²) < 4.78 is 4.94. The molecule has 1 heterocycles. The van der Waals surface area contributed by atoms with Crippen LogP contribution in [0.4, 0.5) is 11.5 Å². The van der Waals surface area contributed by atoms with Crippen LogP contribution in [0.5, 0.6) is 0 Å². The van der Waals surface area contributed by atoms with Crippen LogP contribution in [0.15, 0.2) is 12.1 Å². The topological polar surface area (TPSA) is 77.3 Å². The Morgan fingerprint density at radius 2 is 2.22 bits per heavy atom. The van der Waals surface area contributed by atoms with Gasteiger partial charge in [0.1, 0.15) is 11.0 Å². The highest BCUT2D eigenvalue weighted by Gasteiger charge is 2.09. The smallest absolute Gasteiger partial charge is 0.276 e. The molecule has 0 atom stereocenters. The molecule has 0 aliphatic heterocycles. The number of ether oxygens (including phenoxy) is 1. The molecule has 1 aromatic heterocycles. The van der Waals surface area contributed by atoms with Crippen molar-refractivity contribution in [3.8, 4) is 0 Å². The Labute approximate surface area is 110 Å². The maximum Gasteiger partial charge on any atom is 0.276 e. The molecule has 100 valence electrons. The molecule has 1 rings (SSSR count). The van der Waals surface area contributed by atoms with Crippen LogP contribution in [0, 0.1) is 10.1 Å². The second-order valence-electron chi connectivity index (χ2n) is 3.77. The number of nitrogens with zero attached hydrogens (tertiary/aromatic N) is 2. The molecule has 0 radical (unpaired) electrons. The van der Waals surface area contributed by atoms with E-state index in [-0.39, 0.29) is 10.8 Å². The molecule has 0 unspecified atom stereocenters. The fraction of sp³-hybridized carbons (Fsp3) is 0.545. The van der Waals surface area contributed by atoms with Crippen LogP contribution >= 0.6 is 11.6 Å². The van der Waals surface area contributed by atoms with Crippen LogP contribution in [0.3, 0.4) is 0 Å². The number of nitrogens with one attached hydrogen (secondary N) is 1. The van der Waals surface area contributed by atoms with Gasteiger partial charge in [0.15, 0.2) is 0 Å². The highest BCUT2D eigenvalue weighted by atomic mass is 35.5. The van der Waals surface area contributed by atoms with Gasteiger partial charge in [0, 0.05) is 20.3 Å². The van der Waals surface area contributed by atoms with Crippen LogP contribution < -0.4 is 5.32 Å². The van der Waals surface area contributed by atoms with E-state index < -0.39 is 4.92 Å². The van der Waals surface area contributed by atoms with Crippen LogP contribution in [0.2, 0.25) is 5.15 Å². The van der Waals surface area contributed by atoms with Gasteiger partial charge < -0.3 is 10.1 Å². The first kappa shape index (κ1) is 14.7. The van der Waals surface area contributed by atoms with Gasteiger partial charge in [-0.1, -0.05) is 11.6 Å². The van der Waals surface area contributed by atoms with E-state index in [0.717, 1.165) is 25.9 Å². The monoisotopic (exact) mass is 273 g/mol. The van der Waals surface area contributed by atoms with Crippen molar-refractivity contribution >= 4 is 23.1 Å². The minimum absolute atomic E-state index is 0.0584. The average molecular weight is 274 g/mol. The summed E-state index contributed by atoms with van der Waals surface area (Å²) in [5, 5.41) is 13.8. The molecule has 0 saturated carbocycles. The summed E-state index contributed by atoms with van der Waals surface area (Å²) in [5.41, 5.74) is -0.0584. The second kappa shape index (κ2) is 7.84. The largest absolute Gasteiger partial charge is 0.385 e. The summed E-state index contributed by atoms with van der Waals surface area (Å²) in [5.74, 6) is 0.431. The van der Waals surface area contributed by atoms with Gasteiger partial charge >= 0.3 is 0 Å². The molecule has 6 nitrogen and oxygen atoms in total. The summed E-state index contributed by atoms with van der Waals surface area (Å²) in [4.78, 5) is 14.1. The third kappa shape index (κ3) is 5.29. The Hall–Kier alpha value is -1.40. The molecule has 7 heteroatoms.